The first-order valence-electron chi connectivity index (χ1n) is 6.96. The molecule has 3 aromatic rings. The quantitative estimate of drug-likeness (QED) is 0.581. The van der Waals surface area contributed by atoms with Crippen LogP contribution >= 0.6 is 15.9 Å². The SMILES string of the molecule is COc1ccc2oc(-c3ccc(C(C)C)cc3)c(Br)c2c1. The Morgan fingerprint density at radius 3 is 2.38 bits per heavy atom. The molecule has 0 aliphatic rings. The lowest BCUT2D eigenvalue weighted by molar-refractivity contribution is 0.415. The third-order valence-corrected chi connectivity index (χ3v) is 4.46. The topological polar surface area (TPSA) is 22.4 Å². The first kappa shape index (κ1) is 14.2. The van der Waals surface area contributed by atoms with E-state index in [1.54, 1.807) is 7.11 Å². The molecule has 3 rings (SSSR count). The number of benzene rings is 2. The van der Waals surface area contributed by atoms with E-state index in [1.165, 1.54) is 5.56 Å². The third-order valence-electron chi connectivity index (χ3n) is 3.67. The molecule has 2 aromatic carbocycles. The van der Waals surface area contributed by atoms with E-state index < -0.39 is 0 Å². The second kappa shape index (κ2) is 5.57. The fourth-order valence-corrected chi connectivity index (χ4v) is 3.00. The van der Waals surface area contributed by atoms with Crippen molar-refractivity contribution in [3.8, 4) is 17.1 Å². The lowest BCUT2D eigenvalue weighted by Crippen LogP contribution is -1.86. The molecular weight excluding hydrogens is 328 g/mol. The highest BCUT2D eigenvalue weighted by molar-refractivity contribution is 9.10. The Balaban J connectivity index is 2.09. The van der Waals surface area contributed by atoms with Crippen molar-refractivity contribution in [3.05, 3.63) is 52.5 Å². The van der Waals surface area contributed by atoms with Crippen LogP contribution < -0.4 is 4.74 Å². The van der Waals surface area contributed by atoms with Crippen LogP contribution in [0.5, 0.6) is 5.75 Å². The minimum absolute atomic E-state index is 0.530. The van der Waals surface area contributed by atoms with Gasteiger partial charge in [0.25, 0.3) is 0 Å². The van der Waals surface area contributed by atoms with Gasteiger partial charge in [0, 0.05) is 10.9 Å². The zero-order valence-corrected chi connectivity index (χ0v) is 13.9. The molecular formula is C18H17BrO2. The molecule has 0 amide bonds. The Hall–Kier alpha value is -1.74. The van der Waals surface area contributed by atoms with Gasteiger partial charge in [0.05, 0.1) is 11.6 Å². The summed E-state index contributed by atoms with van der Waals surface area (Å²) in [6.45, 7) is 4.39. The summed E-state index contributed by atoms with van der Waals surface area (Å²) in [5.41, 5.74) is 3.25. The molecule has 0 spiro atoms. The summed E-state index contributed by atoms with van der Waals surface area (Å²) in [5.74, 6) is 2.21. The molecule has 1 aromatic heterocycles. The molecule has 0 bridgehead atoms. The third kappa shape index (κ3) is 2.58. The van der Waals surface area contributed by atoms with Crippen molar-refractivity contribution in [2.24, 2.45) is 0 Å². The van der Waals surface area contributed by atoms with Crippen molar-refractivity contribution in [1.82, 2.24) is 0 Å². The number of fused-ring (bicyclic) bond motifs is 1. The largest absolute Gasteiger partial charge is 0.497 e. The summed E-state index contributed by atoms with van der Waals surface area (Å²) >= 11 is 3.65. The van der Waals surface area contributed by atoms with Crippen molar-refractivity contribution < 1.29 is 9.15 Å². The van der Waals surface area contributed by atoms with E-state index in [9.17, 15) is 0 Å². The van der Waals surface area contributed by atoms with Gasteiger partial charge in [-0.3, -0.25) is 0 Å². The predicted octanol–water partition coefficient (Wildman–Crippen LogP) is 5.99. The number of hydrogen-bond acceptors (Lipinski definition) is 2. The van der Waals surface area contributed by atoms with Crippen molar-refractivity contribution >= 4 is 26.9 Å². The van der Waals surface area contributed by atoms with Gasteiger partial charge in [0.15, 0.2) is 0 Å². The van der Waals surface area contributed by atoms with Crippen LogP contribution in [0.25, 0.3) is 22.3 Å². The zero-order chi connectivity index (χ0) is 15.0. The number of methoxy groups -OCH3 is 1. The van der Waals surface area contributed by atoms with E-state index in [1.807, 2.05) is 18.2 Å². The molecule has 3 heteroatoms. The van der Waals surface area contributed by atoms with Gasteiger partial charge in [-0.2, -0.15) is 0 Å². The van der Waals surface area contributed by atoms with Crippen molar-refractivity contribution in [3.63, 3.8) is 0 Å². The summed E-state index contributed by atoms with van der Waals surface area (Å²) in [7, 11) is 1.67. The molecule has 108 valence electrons. The Morgan fingerprint density at radius 2 is 1.76 bits per heavy atom. The average molecular weight is 345 g/mol. The van der Waals surface area contributed by atoms with Gasteiger partial charge in [-0.25, -0.2) is 0 Å². The number of furan rings is 1. The smallest absolute Gasteiger partial charge is 0.149 e. The van der Waals surface area contributed by atoms with Crippen LogP contribution in [0.4, 0.5) is 0 Å². The van der Waals surface area contributed by atoms with E-state index in [0.29, 0.717) is 5.92 Å². The van der Waals surface area contributed by atoms with Crippen LogP contribution in [-0.4, -0.2) is 7.11 Å². The molecule has 0 radical (unpaired) electrons. The minimum atomic E-state index is 0.530. The second-order valence-electron chi connectivity index (χ2n) is 5.38. The van der Waals surface area contributed by atoms with Gasteiger partial charge in [-0.15, -0.1) is 0 Å². The highest BCUT2D eigenvalue weighted by atomic mass is 79.9. The summed E-state index contributed by atoms with van der Waals surface area (Å²) in [4.78, 5) is 0. The van der Waals surface area contributed by atoms with E-state index >= 15 is 0 Å². The summed E-state index contributed by atoms with van der Waals surface area (Å²) in [6.07, 6.45) is 0. The molecule has 0 atom stereocenters. The highest BCUT2D eigenvalue weighted by Crippen LogP contribution is 2.39. The van der Waals surface area contributed by atoms with Crippen molar-refractivity contribution in [1.29, 1.82) is 0 Å². The minimum Gasteiger partial charge on any atom is -0.497 e. The summed E-state index contributed by atoms with van der Waals surface area (Å²) in [6, 6.07) is 14.3. The molecule has 0 fully saturated rings. The van der Waals surface area contributed by atoms with Crippen LogP contribution in [0.2, 0.25) is 0 Å². The Bertz CT molecular complexity index is 770. The summed E-state index contributed by atoms with van der Waals surface area (Å²) < 4.78 is 12.2. The van der Waals surface area contributed by atoms with Crippen LogP contribution in [0.3, 0.4) is 0 Å². The number of halogens is 1. The number of rotatable bonds is 3. The van der Waals surface area contributed by atoms with Crippen molar-refractivity contribution in [2.75, 3.05) is 7.11 Å². The van der Waals surface area contributed by atoms with Crippen molar-refractivity contribution in [2.45, 2.75) is 19.8 Å². The fraction of sp³-hybridized carbons (Fsp3) is 0.222. The van der Waals surface area contributed by atoms with Crippen LogP contribution in [0.15, 0.2) is 51.4 Å². The van der Waals surface area contributed by atoms with E-state index in [-0.39, 0.29) is 0 Å². The van der Waals surface area contributed by atoms with Crippen LogP contribution in [0.1, 0.15) is 25.3 Å². The molecule has 0 aliphatic heterocycles. The number of ether oxygens (including phenoxy) is 1. The zero-order valence-electron chi connectivity index (χ0n) is 12.3. The molecule has 0 saturated heterocycles. The van der Waals surface area contributed by atoms with Gasteiger partial charge < -0.3 is 9.15 Å². The second-order valence-corrected chi connectivity index (χ2v) is 6.18. The number of hydrogen-bond donors (Lipinski definition) is 0. The lowest BCUT2D eigenvalue weighted by Gasteiger charge is -2.05. The van der Waals surface area contributed by atoms with Gasteiger partial charge >= 0.3 is 0 Å². The van der Waals surface area contributed by atoms with Gasteiger partial charge in [-0.1, -0.05) is 38.1 Å². The van der Waals surface area contributed by atoms with Gasteiger partial charge in [-0.05, 0) is 45.6 Å². The Kier molecular flexibility index (Phi) is 3.77. The van der Waals surface area contributed by atoms with E-state index in [0.717, 1.165) is 32.5 Å². The predicted molar refractivity (Wildman–Crippen MR) is 90.0 cm³/mol. The molecule has 0 unspecified atom stereocenters. The normalized spacial score (nSPS) is 11.3. The maximum absolute atomic E-state index is 5.98. The maximum atomic E-state index is 5.98. The Morgan fingerprint density at radius 1 is 1.05 bits per heavy atom. The molecule has 0 N–H and O–H groups in total. The molecule has 2 nitrogen and oxygen atoms in total. The fourth-order valence-electron chi connectivity index (χ4n) is 2.38. The lowest BCUT2D eigenvalue weighted by atomic mass is 10.0. The molecule has 21 heavy (non-hydrogen) atoms. The highest BCUT2D eigenvalue weighted by Gasteiger charge is 2.14. The first-order valence-corrected chi connectivity index (χ1v) is 7.76. The average Bonchev–Trinajstić information content (AvgIpc) is 2.84. The van der Waals surface area contributed by atoms with Crippen LogP contribution in [0, 0.1) is 0 Å². The first-order chi connectivity index (χ1) is 10.1. The van der Waals surface area contributed by atoms with Gasteiger partial charge in [0.2, 0.25) is 0 Å². The Labute approximate surface area is 132 Å². The molecule has 1 heterocycles. The summed E-state index contributed by atoms with van der Waals surface area (Å²) in [5, 5.41) is 1.03. The molecule has 0 saturated carbocycles. The molecule has 0 aliphatic carbocycles. The van der Waals surface area contributed by atoms with E-state index in [2.05, 4.69) is 54.0 Å². The standard InChI is InChI=1S/C18H17BrO2/c1-11(2)12-4-6-13(7-5-12)18-17(19)15-10-14(20-3)8-9-16(15)21-18/h4-11H,1-3H3. The van der Waals surface area contributed by atoms with Gasteiger partial charge in [0.1, 0.15) is 17.1 Å². The monoisotopic (exact) mass is 344 g/mol. The maximum Gasteiger partial charge on any atom is 0.149 e. The van der Waals surface area contributed by atoms with Crippen LogP contribution in [-0.2, 0) is 0 Å². The van der Waals surface area contributed by atoms with E-state index in [4.69, 9.17) is 9.15 Å².